The van der Waals surface area contributed by atoms with Crippen molar-refractivity contribution in [3.63, 3.8) is 0 Å². The Labute approximate surface area is 125 Å². The molecule has 0 bridgehead atoms. The van der Waals surface area contributed by atoms with Gasteiger partial charge in [0.25, 0.3) is 0 Å². The first-order valence-electron chi connectivity index (χ1n) is 5.79. The third kappa shape index (κ3) is 3.27. The molecule has 0 amide bonds. The predicted octanol–water partition coefficient (Wildman–Crippen LogP) is 3.38. The van der Waals surface area contributed by atoms with Crippen LogP contribution in [0.1, 0.15) is 10.4 Å². The highest BCUT2D eigenvalue weighted by atomic mass is 79.9. The van der Waals surface area contributed by atoms with Crippen LogP contribution in [-0.4, -0.2) is 25.2 Å². The molecule has 1 N–H and O–H groups in total. The summed E-state index contributed by atoms with van der Waals surface area (Å²) in [6.45, 7) is 0. The molecule has 2 aromatic rings. The molecule has 0 aliphatic rings. The maximum absolute atomic E-state index is 11.5. The number of hydrogen-bond donors (Lipinski definition) is 1. The molecule has 1 aromatic carbocycles. The van der Waals surface area contributed by atoms with E-state index in [0.29, 0.717) is 17.1 Å². The number of halogens is 1. The second-order valence-electron chi connectivity index (χ2n) is 3.90. The molecule has 1 aromatic heterocycles. The molecule has 0 saturated heterocycles. The Balaban J connectivity index is 2.24. The fraction of sp³-hybridized carbons (Fsp3) is 0.143. The molecule has 104 valence electrons. The zero-order valence-electron chi connectivity index (χ0n) is 11.0. The lowest BCUT2D eigenvalue weighted by Gasteiger charge is -2.09. The van der Waals surface area contributed by atoms with Gasteiger partial charge >= 0.3 is 5.97 Å². The largest absolute Gasteiger partial charge is 0.495 e. The molecule has 0 saturated carbocycles. The summed E-state index contributed by atoms with van der Waals surface area (Å²) in [6.07, 6.45) is 1.55. The number of anilines is 2. The summed E-state index contributed by atoms with van der Waals surface area (Å²) in [5, 5.41) is 3.11. The number of ether oxygens (including phenoxy) is 2. The van der Waals surface area contributed by atoms with Gasteiger partial charge in [-0.05, 0) is 40.2 Å². The number of hydrogen-bond acceptors (Lipinski definition) is 5. The van der Waals surface area contributed by atoms with Crippen LogP contribution in [0.2, 0.25) is 0 Å². The second kappa shape index (κ2) is 6.38. The first kappa shape index (κ1) is 14.3. The van der Waals surface area contributed by atoms with Crippen LogP contribution in [0, 0.1) is 0 Å². The molecule has 20 heavy (non-hydrogen) atoms. The van der Waals surface area contributed by atoms with Gasteiger partial charge in [0.05, 0.1) is 24.3 Å². The standard InChI is InChI=1S/C14H13BrN2O3/c1-19-12-8-10(3-4-11(12)15)17-13-7-9(5-6-16-13)14(18)20-2/h3-8H,1-2H3,(H,16,17). The molecule has 0 spiro atoms. The smallest absolute Gasteiger partial charge is 0.338 e. The number of carbonyl (C=O) groups excluding carboxylic acids is 1. The quantitative estimate of drug-likeness (QED) is 0.867. The average Bonchev–Trinajstić information content (AvgIpc) is 2.48. The maximum Gasteiger partial charge on any atom is 0.338 e. The van der Waals surface area contributed by atoms with Crippen LogP contribution < -0.4 is 10.1 Å². The minimum Gasteiger partial charge on any atom is -0.495 e. The van der Waals surface area contributed by atoms with Crippen LogP contribution in [0.25, 0.3) is 0 Å². The summed E-state index contributed by atoms with van der Waals surface area (Å²) >= 11 is 3.39. The number of nitrogens with one attached hydrogen (secondary N) is 1. The Morgan fingerprint density at radius 1 is 1.25 bits per heavy atom. The Morgan fingerprint density at radius 2 is 2.05 bits per heavy atom. The Bertz CT molecular complexity index is 632. The normalized spacial score (nSPS) is 9.95. The van der Waals surface area contributed by atoms with Gasteiger partial charge in [-0.1, -0.05) is 0 Å². The number of methoxy groups -OCH3 is 2. The molecule has 5 nitrogen and oxygen atoms in total. The number of rotatable bonds is 4. The number of carbonyl (C=O) groups is 1. The summed E-state index contributed by atoms with van der Waals surface area (Å²) in [6, 6.07) is 8.79. The van der Waals surface area contributed by atoms with Gasteiger partial charge in [-0.25, -0.2) is 9.78 Å². The lowest BCUT2D eigenvalue weighted by atomic mass is 10.2. The van der Waals surface area contributed by atoms with E-state index in [-0.39, 0.29) is 0 Å². The van der Waals surface area contributed by atoms with Crippen molar-refractivity contribution < 1.29 is 14.3 Å². The molecule has 1 heterocycles. The van der Waals surface area contributed by atoms with E-state index in [9.17, 15) is 4.79 Å². The second-order valence-corrected chi connectivity index (χ2v) is 4.75. The van der Waals surface area contributed by atoms with Crippen molar-refractivity contribution in [2.75, 3.05) is 19.5 Å². The monoisotopic (exact) mass is 336 g/mol. The number of benzene rings is 1. The summed E-state index contributed by atoms with van der Waals surface area (Å²) in [7, 11) is 2.94. The fourth-order valence-electron chi connectivity index (χ4n) is 1.63. The summed E-state index contributed by atoms with van der Waals surface area (Å²) < 4.78 is 10.8. The van der Waals surface area contributed by atoms with E-state index < -0.39 is 5.97 Å². The summed E-state index contributed by atoms with van der Waals surface area (Å²) in [5.74, 6) is 0.861. The van der Waals surface area contributed by atoms with Crippen molar-refractivity contribution >= 4 is 33.4 Å². The van der Waals surface area contributed by atoms with Gasteiger partial charge in [-0.3, -0.25) is 0 Å². The van der Waals surface area contributed by atoms with Crippen molar-refractivity contribution in [3.05, 3.63) is 46.6 Å². The summed E-state index contributed by atoms with van der Waals surface area (Å²) in [5.41, 5.74) is 1.24. The van der Waals surface area contributed by atoms with E-state index in [1.807, 2.05) is 18.2 Å². The first-order chi connectivity index (χ1) is 9.63. The van der Waals surface area contributed by atoms with E-state index in [0.717, 1.165) is 10.2 Å². The maximum atomic E-state index is 11.5. The zero-order chi connectivity index (χ0) is 14.5. The van der Waals surface area contributed by atoms with Gasteiger partial charge in [0.2, 0.25) is 0 Å². The van der Waals surface area contributed by atoms with Crippen LogP contribution in [-0.2, 0) is 4.74 Å². The molecular formula is C14H13BrN2O3. The lowest BCUT2D eigenvalue weighted by Crippen LogP contribution is -2.03. The molecular weight excluding hydrogens is 324 g/mol. The van der Waals surface area contributed by atoms with E-state index in [4.69, 9.17) is 4.74 Å². The first-order valence-corrected chi connectivity index (χ1v) is 6.58. The van der Waals surface area contributed by atoms with Gasteiger partial charge in [0, 0.05) is 18.0 Å². The fourth-order valence-corrected chi connectivity index (χ4v) is 2.04. The van der Waals surface area contributed by atoms with Crippen LogP contribution in [0.4, 0.5) is 11.5 Å². The molecule has 6 heteroatoms. The highest BCUT2D eigenvalue weighted by molar-refractivity contribution is 9.10. The molecule has 0 fully saturated rings. The van der Waals surface area contributed by atoms with Gasteiger partial charge in [-0.2, -0.15) is 0 Å². The van der Waals surface area contributed by atoms with Crippen LogP contribution >= 0.6 is 15.9 Å². The molecule has 2 rings (SSSR count). The van der Waals surface area contributed by atoms with Crippen molar-refractivity contribution in [1.29, 1.82) is 0 Å². The van der Waals surface area contributed by atoms with Gasteiger partial charge < -0.3 is 14.8 Å². The molecule has 0 aliphatic carbocycles. The van der Waals surface area contributed by atoms with Crippen LogP contribution in [0.5, 0.6) is 5.75 Å². The zero-order valence-corrected chi connectivity index (χ0v) is 12.6. The Hall–Kier alpha value is -2.08. The number of pyridine rings is 1. The number of aromatic nitrogens is 1. The van der Waals surface area contributed by atoms with E-state index in [1.165, 1.54) is 7.11 Å². The van der Waals surface area contributed by atoms with Crippen molar-refractivity contribution in [3.8, 4) is 5.75 Å². The van der Waals surface area contributed by atoms with E-state index >= 15 is 0 Å². The van der Waals surface area contributed by atoms with Crippen molar-refractivity contribution in [1.82, 2.24) is 4.98 Å². The number of esters is 1. The molecule has 0 unspecified atom stereocenters. The van der Waals surface area contributed by atoms with Gasteiger partial charge in [0.1, 0.15) is 11.6 Å². The minimum atomic E-state index is -0.399. The molecule has 0 radical (unpaired) electrons. The Morgan fingerprint density at radius 3 is 2.75 bits per heavy atom. The molecule has 0 atom stereocenters. The average molecular weight is 337 g/mol. The van der Waals surface area contributed by atoms with Crippen LogP contribution in [0.3, 0.4) is 0 Å². The molecule has 0 aliphatic heterocycles. The van der Waals surface area contributed by atoms with Crippen LogP contribution in [0.15, 0.2) is 41.0 Å². The lowest BCUT2D eigenvalue weighted by molar-refractivity contribution is 0.0600. The SMILES string of the molecule is COC(=O)c1ccnc(Nc2ccc(Br)c(OC)c2)c1. The summed E-state index contributed by atoms with van der Waals surface area (Å²) in [4.78, 5) is 15.6. The number of nitrogens with zero attached hydrogens (tertiary/aromatic N) is 1. The minimum absolute atomic E-state index is 0.399. The van der Waals surface area contributed by atoms with Crippen molar-refractivity contribution in [2.24, 2.45) is 0 Å². The van der Waals surface area contributed by atoms with E-state index in [1.54, 1.807) is 25.4 Å². The van der Waals surface area contributed by atoms with E-state index in [2.05, 4.69) is 31.0 Å². The third-order valence-electron chi connectivity index (χ3n) is 2.60. The highest BCUT2D eigenvalue weighted by Gasteiger charge is 2.07. The topological polar surface area (TPSA) is 60.5 Å². The van der Waals surface area contributed by atoms with Crippen molar-refractivity contribution in [2.45, 2.75) is 0 Å². The highest BCUT2D eigenvalue weighted by Crippen LogP contribution is 2.29. The van der Waals surface area contributed by atoms with Gasteiger partial charge in [-0.15, -0.1) is 0 Å². The Kier molecular flexibility index (Phi) is 4.57. The third-order valence-corrected chi connectivity index (χ3v) is 3.26. The predicted molar refractivity (Wildman–Crippen MR) is 79.6 cm³/mol. The van der Waals surface area contributed by atoms with Gasteiger partial charge in [0.15, 0.2) is 0 Å².